The fourth-order valence-corrected chi connectivity index (χ4v) is 2.68. The van der Waals surface area contributed by atoms with Gasteiger partial charge in [0.15, 0.2) is 4.60 Å². The summed E-state index contributed by atoms with van der Waals surface area (Å²) in [6.45, 7) is 0. The maximum atomic E-state index is 14.0. The van der Waals surface area contributed by atoms with Crippen molar-refractivity contribution in [1.29, 1.82) is 0 Å². The first kappa shape index (κ1) is 13.5. The summed E-state index contributed by atoms with van der Waals surface area (Å²) in [5, 5.41) is 11.2. The van der Waals surface area contributed by atoms with Gasteiger partial charge in [0.05, 0.1) is 11.7 Å². The molecule has 0 saturated carbocycles. The molecule has 0 spiro atoms. The van der Waals surface area contributed by atoms with Gasteiger partial charge < -0.3 is 5.32 Å². The first-order valence-electron chi connectivity index (χ1n) is 5.22. The van der Waals surface area contributed by atoms with Crippen LogP contribution in [0.1, 0.15) is 17.3 Å². The number of aromatic nitrogens is 3. The molecule has 1 heterocycles. The Kier molecular flexibility index (Phi) is 3.99. The molecule has 4 nitrogen and oxygen atoms in total. The average Bonchev–Trinajstić information content (AvgIpc) is 2.65. The highest BCUT2D eigenvalue weighted by Gasteiger charge is 2.25. The molecule has 1 unspecified atom stereocenters. The minimum absolute atomic E-state index is 0.363. The van der Waals surface area contributed by atoms with Crippen molar-refractivity contribution in [3.63, 3.8) is 0 Å². The van der Waals surface area contributed by atoms with Gasteiger partial charge in [-0.3, -0.25) is 0 Å². The summed E-state index contributed by atoms with van der Waals surface area (Å²) in [7, 11) is 3.47. The maximum absolute atomic E-state index is 14.0. The van der Waals surface area contributed by atoms with Crippen LogP contribution in [0.3, 0.4) is 0 Å². The van der Waals surface area contributed by atoms with Gasteiger partial charge in [-0.15, -0.1) is 5.10 Å². The van der Waals surface area contributed by atoms with Crippen molar-refractivity contribution in [3.05, 3.63) is 44.9 Å². The second-order valence-electron chi connectivity index (χ2n) is 3.75. The van der Waals surface area contributed by atoms with Crippen LogP contribution in [0.25, 0.3) is 0 Å². The summed E-state index contributed by atoms with van der Waals surface area (Å²) >= 11 is 9.38. The lowest BCUT2D eigenvalue weighted by Gasteiger charge is -2.18. The van der Waals surface area contributed by atoms with Crippen molar-refractivity contribution >= 4 is 27.5 Å². The largest absolute Gasteiger partial charge is 0.308 e. The predicted octanol–water partition coefficient (Wildman–Crippen LogP) is 2.68. The standard InChI is InChI=1S/C11H11BrClFN4/c1-15-9(10-11(12)16-17-18(10)2)8-6(13)4-3-5-7(8)14/h3-5,9,15H,1-2H3. The first-order valence-corrected chi connectivity index (χ1v) is 6.39. The highest BCUT2D eigenvalue weighted by Crippen LogP contribution is 2.32. The smallest absolute Gasteiger partial charge is 0.153 e. The lowest BCUT2D eigenvalue weighted by molar-refractivity contribution is 0.549. The van der Waals surface area contributed by atoms with E-state index in [-0.39, 0.29) is 5.82 Å². The van der Waals surface area contributed by atoms with Gasteiger partial charge in [0, 0.05) is 17.6 Å². The zero-order valence-electron chi connectivity index (χ0n) is 9.78. The Morgan fingerprint density at radius 1 is 1.50 bits per heavy atom. The summed E-state index contributed by atoms with van der Waals surface area (Å²) in [6, 6.07) is 4.18. The quantitative estimate of drug-likeness (QED) is 0.939. The molecule has 2 rings (SSSR count). The first-order chi connectivity index (χ1) is 8.56. The van der Waals surface area contributed by atoms with Crippen molar-refractivity contribution in [2.75, 3.05) is 7.05 Å². The molecule has 1 N–H and O–H groups in total. The Morgan fingerprint density at radius 3 is 2.72 bits per heavy atom. The number of hydrogen-bond donors (Lipinski definition) is 1. The monoisotopic (exact) mass is 332 g/mol. The molecule has 0 fully saturated rings. The van der Waals surface area contributed by atoms with Gasteiger partial charge in [-0.05, 0) is 35.1 Å². The van der Waals surface area contributed by atoms with E-state index >= 15 is 0 Å². The topological polar surface area (TPSA) is 42.7 Å². The van der Waals surface area contributed by atoms with Crippen LogP contribution in [-0.2, 0) is 7.05 Å². The van der Waals surface area contributed by atoms with Crippen LogP contribution >= 0.6 is 27.5 Å². The maximum Gasteiger partial charge on any atom is 0.153 e. The summed E-state index contributed by atoms with van der Waals surface area (Å²) in [5.74, 6) is -0.366. The normalized spacial score (nSPS) is 12.7. The third-order valence-corrected chi connectivity index (χ3v) is 3.57. The highest BCUT2D eigenvalue weighted by molar-refractivity contribution is 9.10. The molecule has 18 heavy (non-hydrogen) atoms. The van der Waals surface area contributed by atoms with Crippen molar-refractivity contribution < 1.29 is 4.39 Å². The summed E-state index contributed by atoms with van der Waals surface area (Å²) in [5.41, 5.74) is 1.09. The van der Waals surface area contributed by atoms with E-state index in [4.69, 9.17) is 11.6 Å². The van der Waals surface area contributed by atoms with Crippen LogP contribution in [0.5, 0.6) is 0 Å². The second-order valence-corrected chi connectivity index (χ2v) is 4.90. The molecule has 0 saturated heterocycles. The van der Waals surface area contributed by atoms with Crippen molar-refractivity contribution in [1.82, 2.24) is 20.3 Å². The highest BCUT2D eigenvalue weighted by atomic mass is 79.9. The Balaban J connectivity index is 2.59. The van der Waals surface area contributed by atoms with Gasteiger partial charge in [0.25, 0.3) is 0 Å². The molecule has 1 aromatic carbocycles. The molecule has 1 atom stereocenters. The van der Waals surface area contributed by atoms with Gasteiger partial charge in [0.2, 0.25) is 0 Å². The van der Waals surface area contributed by atoms with E-state index < -0.39 is 6.04 Å². The molecule has 2 aromatic rings. The molecule has 0 radical (unpaired) electrons. The third-order valence-electron chi connectivity index (χ3n) is 2.68. The molecule has 0 aliphatic heterocycles. The van der Waals surface area contributed by atoms with Crippen molar-refractivity contribution in [2.45, 2.75) is 6.04 Å². The fraction of sp³-hybridized carbons (Fsp3) is 0.273. The SMILES string of the molecule is CNC(c1c(F)cccc1Cl)c1c(Br)nnn1C. The van der Waals surface area contributed by atoms with E-state index in [1.165, 1.54) is 6.07 Å². The second kappa shape index (κ2) is 5.34. The van der Waals surface area contributed by atoms with E-state index in [0.717, 1.165) is 0 Å². The lowest BCUT2D eigenvalue weighted by Crippen LogP contribution is -2.22. The average molecular weight is 334 g/mol. The van der Waals surface area contributed by atoms with Crippen molar-refractivity contribution in [2.24, 2.45) is 7.05 Å². The molecule has 96 valence electrons. The number of nitrogens with zero attached hydrogens (tertiary/aromatic N) is 3. The third kappa shape index (κ3) is 2.28. The van der Waals surface area contributed by atoms with E-state index in [2.05, 4.69) is 31.6 Å². The van der Waals surface area contributed by atoms with Crippen LogP contribution in [0, 0.1) is 5.82 Å². The van der Waals surface area contributed by atoms with Gasteiger partial charge in [-0.25, -0.2) is 9.07 Å². The molecule has 7 heteroatoms. The molecule has 0 aliphatic rings. The Labute approximate surface area is 117 Å². The number of hydrogen-bond acceptors (Lipinski definition) is 3. The summed E-state index contributed by atoms with van der Waals surface area (Å²) < 4.78 is 16.1. The molecule has 0 amide bonds. The van der Waals surface area contributed by atoms with Gasteiger partial charge in [0.1, 0.15) is 5.82 Å². The van der Waals surface area contributed by atoms with Gasteiger partial charge >= 0.3 is 0 Å². The number of nitrogens with one attached hydrogen (secondary N) is 1. The lowest BCUT2D eigenvalue weighted by atomic mass is 10.0. The number of halogens is 3. The van der Waals surface area contributed by atoms with E-state index in [9.17, 15) is 4.39 Å². The molecular formula is C11H11BrClFN4. The molecular weight excluding hydrogens is 323 g/mol. The Hall–Kier alpha value is -0.980. The minimum atomic E-state index is -0.423. The summed E-state index contributed by atoms with van der Waals surface area (Å²) in [4.78, 5) is 0. The van der Waals surface area contributed by atoms with Crippen molar-refractivity contribution in [3.8, 4) is 0 Å². The number of aryl methyl sites for hydroxylation is 1. The van der Waals surface area contributed by atoms with Crippen LogP contribution in [-0.4, -0.2) is 22.0 Å². The predicted molar refractivity (Wildman–Crippen MR) is 71.0 cm³/mol. The van der Waals surface area contributed by atoms with Crippen LogP contribution in [0.4, 0.5) is 4.39 Å². The molecule has 0 bridgehead atoms. The van der Waals surface area contributed by atoms with Gasteiger partial charge in [-0.2, -0.15) is 0 Å². The minimum Gasteiger partial charge on any atom is -0.308 e. The van der Waals surface area contributed by atoms with Crippen LogP contribution in [0.15, 0.2) is 22.8 Å². The number of benzene rings is 1. The zero-order valence-corrected chi connectivity index (χ0v) is 12.1. The Morgan fingerprint density at radius 2 is 2.22 bits per heavy atom. The van der Waals surface area contributed by atoms with Crippen LogP contribution < -0.4 is 5.32 Å². The number of rotatable bonds is 3. The molecule has 1 aromatic heterocycles. The summed E-state index contributed by atoms with van der Waals surface area (Å²) in [6.07, 6.45) is 0. The van der Waals surface area contributed by atoms with E-state index in [1.54, 1.807) is 30.9 Å². The van der Waals surface area contributed by atoms with Gasteiger partial charge in [-0.1, -0.05) is 22.9 Å². The van der Waals surface area contributed by atoms with Crippen LogP contribution in [0.2, 0.25) is 5.02 Å². The Bertz CT molecular complexity index is 532. The molecule has 0 aliphatic carbocycles. The van der Waals surface area contributed by atoms with E-state index in [0.29, 0.717) is 20.9 Å². The zero-order chi connectivity index (χ0) is 13.3. The van der Waals surface area contributed by atoms with E-state index in [1.807, 2.05) is 0 Å². The fourth-order valence-electron chi connectivity index (χ4n) is 1.85.